The van der Waals surface area contributed by atoms with Gasteiger partial charge in [-0.25, -0.2) is 0 Å². The summed E-state index contributed by atoms with van der Waals surface area (Å²) in [5.74, 6) is 0. The average molecular weight is 150 g/mol. The van der Waals surface area contributed by atoms with E-state index in [0.29, 0.717) is 6.42 Å². The van der Waals surface area contributed by atoms with Crippen LogP contribution >= 0.6 is 0 Å². The minimum absolute atomic E-state index is 0.619. The average Bonchev–Trinajstić information content (AvgIpc) is 2.03. The van der Waals surface area contributed by atoms with Crippen molar-refractivity contribution in [3.63, 3.8) is 0 Å². The van der Waals surface area contributed by atoms with Crippen LogP contribution in [0.2, 0.25) is 0 Å². The molecule has 0 fully saturated rings. The molecule has 0 aliphatic rings. The topological polar surface area (TPSA) is 17.1 Å². The number of hydrogen-bond donors (Lipinski definition) is 0. The monoisotopic (exact) mass is 150 g/mol. The summed E-state index contributed by atoms with van der Waals surface area (Å²) in [7, 11) is 0. The lowest BCUT2D eigenvalue weighted by Gasteiger charge is -1.78. The number of rotatable bonds is 5. The van der Waals surface area contributed by atoms with Crippen LogP contribution in [-0.4, -0.2) is 6.29 Å². The molecule has 0 heterocycles. The third-order valence-electron chi connectivity index (χ3n) is 1.11. The highest BCUT2D eigenvalue weighted by Gasteiger charge is 1.73. The van der Waals surface area contributed by atoms with Gasteiger partial charge in [0.1, 0.15) is 6.29 Å². The molecule has 0 rings (SSSR count). The molecule has 0 bridgehead atoms. The van der Waals surface area contributed by atoms with Crippen LogP contribution in [0.3, 0.4) is 0 Å². The zero-order valence-electron chi connectivity index (χ0n) is 6.86. The summed E-state index contributed by atoms with van der Waals surface area (Å²) < 4.78 is 0. The number of carbonyl (C=O) groups excluding carboxylic acids is 1. The highest BCUT2D eigenvalue weighted by Crippen LogP contribution is 1.87. The highest BCUT2D eigenvalue weighted by molar-refractivity contribution is 5.49. The third-order valence-corrected chi connectivity index (χ3v) is 1.11. The van der Waals surface area contributed by atoms with Crippen molar-refractivity contribution >= 4 is 6.29 Å². The molecule has 0 amide bonds. The Balaban J connectivity index is 3.35. The Morgan fingerprint density at radius 2 is 1.73 bits per heavy atom. The molecule has 0 aliphatic carbocycles. The minimum Gasteiger partial charge on any atom is -0.303 e. The third kappa shape index (κ3) is 8.89. The smallest absolute Gasteiger partial charge is 0.120 e. The van der Waals surface area contributed by atoms with Crippen LogP contribution in [0, 0.1) is 0 Å². The summed E-state index contributed by atoms with van der Waals surface area (Å²) in [5, 5.41) is 0. The van der Waals surface area contributed by atoms with Gasteiger partial charge in [-0.15, -0.1) is 0 Å². The van der Waals surface area contributed by atoms with Crippen LogP contribution in [0.1, 0.15) is 19.8 Å². The number of aldehydes is 1. The van der Waals surface area contributed by atoms with Crippen molar-refractivity contribution in [1.29, 1.82) is 0 Å². The molecule has 0 aromatic rings. The molecule has 1 heteroatoms. The standard InChI is InChI=1S/C10H14O/c1-2-3-4-5-6-7-8-9-10-11/h2-7,10H,8-9H2,1H3/b3-2+,5-4+,7-6+. The Kier molecular flexibility index (Phi) is 7.99. The van der Waals surface area contributed by atoms with E-state index in [4.69, 9.17) is 0 Å². The molecule has 0 aromatic heterocycles. The van der Waals surface area contributed by atoms with Crippen molar-refractivity contribution in [3.05, 3.63) is 36.5 Å². The molecule has 0 saturated carbocycles. The van der Waals surface area contributed by atoms with Gasteiger partial charge in [-0.3, -0.25) is 0 Å². The lowest BCUT2D eigenvalue weighted by molar-refractivity contribution is -0.107. The van der Waals surface area contributed by atoms with E-state index < -0.39 is 0 Å². The number of hydrogen-bond acceptors (Lipinski definition) is 1. The second kappa shape index (κ2) is 8.89. The van der Waals surface area contributed by atoms with E-state index in [1.165, 1.54) is 0 Å². The van der Waals surface area contributed by atoms with E-state index in [0.717, 1.165) is 12.7 Å². The van der Waals surface area contributed by atoms with Gasteiger partial charge in [0.25, 0.3) is 0 Å². The van der Waals surface area contributed by atoms with E-state index >= 15 is 0 Å². The van der Waals surface area contributed by atoms with Crippen LogP contribution in [-0.2, 0) is 4.79 Å². The molecule has 0 aromatic carbocycles. The van der Waals surface area contributed by atoms with Gasteiger partial charge in [0.2, 0.25) is 0 Å². The SMILES string of the molecule is C/C=C/C=C/C=C/CCC=O. The fraction of sp³-hybridized carbons (Fsp3) is 0.300. The molecule has 0 saturated heterocycles. The fourth-order valence-electron chi connectivity index (χ4n) is 0.578. The van der Waals surface area contributed by atoms with Crippen molar-refractivity contribution < 1.29 is 4.79 Å². The summed E-state index contributed by atoms with van der Waals surface area (Å²) in [5.41, 5.74) is 0. The minimum atomic E-state index is 0.619. The van der Waals surface area contributed by atoms with Gasteiger partial charge < -0.3 is 4.79 Å². The van der Waals surface area contributed by atoms with Crippen molar-refractivity contribution in [2.45, 2.75) is 19.8 Å². The molecule has 60 valence electrons. The van der Waals surface area contributed by atoms with Crippen LogP contribution < -0.4 is 0 Å². The molecule has 0 N–H and O–H groups in total. The van der Waals surface area contributed by atoms with Crippen LogP contribution in [0.4, 0.5) is 0 Å². The predicted molar refractivity (Wildman–Crippen MR) is 48.4 cm³/mol. The largest absolute Gasteiger partial charge is 0.303 e. The molecule has 11 heavy (non-hydrogen) atoms. The zero-order chi connectivity index (χ0) is 8.36. The molecule has 0 aliphatic heterocycles. The van der Waals surface area contributed by atoms with Crippen molar-refractivity contribution in [3.8, 4) is 0 Å². The van der Waals surface area contributed by atoms with Gasteiger partial charge in [-0.05, 0) is 13.3 Å². The van der Waals surface area contributed by atoms with E-state index in [1.807, 2.05) is 43.4 Å². The van der Waals surface area contributed by atoms with Crippen LogP contribution in [0.15, 0.2) is 36.5 Å². The van der Waals surface area contributed by atoms with E-state index in [-0.39, 0.29) is 0 Å². The Labute approximate surface area is 68.1 Å². The lowest BCUT2D eigenvalue weighted by Crippen LogP contribution is -1.68. The maximum atomic E-state index is 9.88. The van der Waals surface area contributed by atoms with Gasteiger partial charge >= 0.3 is 0 Å². The highest BCUT2D eigenvalue weighted by atomic mass is 16.1. The van der Waals surface area contributed by atoms with Crippen molar-refractivity contribution in [1.82, 2.24) is 0 Å². The van der Waals surface area contributed by atoms with Crippen LogP contribution in [0.25, 0.3) is 0 Å². The summed E-state index contributed by atoms with van der Waals surface area (Å²) in [6.45, 7) is 1.97. The van der Waals surface area contributed by atoms with Gasteiger partial charge in [0.05, 0.1) is 0 Å². The Morgan fingerprint density at radius 3 is 2.36 bits per heavy atom. The summed E-state index contributed by atoms with van der Waals surface area (Å²) in [4.78, 5) is 9.88. The second-order valence-electron chi connectivity index (χ2n) is 2.08. The van der Waals surface area contributed by atoms with Gasteiger partial charge in [-0.2, -0.15) is 0 Å². The van der Waals surface area contributed by atoms with E-state index in [2.05, 4.69) is 0 Å². The first kappa shape index (κ1) is 9.89. The number of carbonyl (C=O) groups is 1. The maximum Gasteiger partial charge on any atom is 0.120 e. The van der Waals surface area contributed by atoms with E-state index in [1.54, 1.807) is 0 Å². The van der Waals surface area contributed by atoms with Crippen molar-refractivity contribution in [2.75, 3.05) is 0 Å². The Hall–Kier alpha value is -1.11. The first-order valence-electron chi connectivity index (χ1n) is 3.80. The van der Waals surface area contributed by atoms with Gasteiger partial charge in [0.15, 0.2) is 0 Å². The molecule has 0 unspecified atom stereocenters. The number of allylic oxidation sites excluding steroid dienone is 6. The molecule has 0 atom stereocenters. The molecular formula is C10H14O. The first-order valence-corrected chi connectivity index (χ1v) is 3.80. The van der Waals surface area contributed by atoms with Gasteiger partial charge in [-0.1, -0.05) is 36.5 Å². The second-order valence-corrected chi connectivity index (χ2v) is 2.08. The summed E-state index contributed by atoms with van der Waals surface area (Å²) in [6.07, 6.45) is 14.2. The Morgan fingerprint density at radius 1 is 1.00 bits per heavy atom. The predicted octanol–water partition coefficient (Wildman–Crippen LogP) is 2.65. The zero-order valence-corrected chi connectivity index (χ0v) is 6.86. The first-order chi connectivity index (χ1) is 5.41. The normalized spacial score (nSPS) is 12.1. The molecule has 0 spiro atoms. The summed E-state index contributed by atoms with van der Waals surface area (Å²) >= 11 is 0. The van der Waals surface area contributed by atoms with Gasteiger partial charge in [0, 0.05) is 6.42 Å². The quantitative estimate of drug-likeness (QED) is 0.334. The fourth-order valence-corrected chi connectivity index (χ4v) is 0.578. The summed E-state index contributed by atoms with van der Waals surface area (Å²) in [6, 6.07) is 0. The maximum absolute atomic E-state index is 9.88. The molecule has 0 radical (unpaired) electrons. The van der Waals surface area contributed by atoms with Crippen molar-refractivity contribution in [2.24, 2.45) is 0 Å². The number of unbranched alkanes of at least 4 members (excludes halogenated alkanes) is 1. The van der Waals surface area contributed by atoms with Crippen LogP contribution in [0.5, 0.6) is 0 Å². The Bertz CT molecular complexity index is 164. The molecular weight excluding hydrogens is 136 g/mol. The van der Waals surface area contributed by atoms with E-state index in [9.17, 15) is 4.79 Å². The lowest BCUT2D eigenvalue weighted by atomic mass is 10.3. The molecule has 1 nitrogen and oxygen atoms in total.